The summed E-state index contributed by atoms with van der Waals surface area (Å²) >= 11 is 0. The topological polar surface area (TPSA) is 101 Å². The molecule has 126 valence electrons. The highest BCUT2D eigenvalue weighted by Gasteiger charge is 2.37. The molecule has 4 N–H and O–H groups in total. The van der Waals surface area contributed by atoms with Crippen LogP contribution in [0.4, 0.5) is 10.1 Å². The van der Waals surface area contributed by atoms with Crippen molar-refractivity contribution in [2.24, 2.45) is 5.73 Å². The SMILES string of the molecule is NC1(C(=O)Nc2ccc(F)c(S(=O)(=O)NC3CC3)c2)CCCC1. The molecule has 0 saturated heterocycles. The molecule has 0 spiro atoms. The Bertz CT molecular complexity index is 725. The lowest BCUT2D eigenvalue weighted by molar-refractivity contribution is -0.121. The van der Waals surface area contributed by atoms with Crippen molar-refractivity contribution in [3.8, 4) is 0 Å². The maximum Gasteiger partial charge on any atom is 0.244 e. The Morgan fingerprint density at radius 3 is 2.52 bits per heavy atom. The van der Waals surface area contributed by atoms with Crippen LogP contribution in [0.5, 0.6) is 0 Å². The second-order valence-electron chi connectivity index (χ2n) is 6.36. The molecule has 2 fully saturated rings. The van der Waals surface area contributed by atoms with Gasteiger partial charge >= 0.3 is 0 Å². The summed E-state index contributed by atoms with van der Waals surface area (Å²) in [6.45, 7) is 0. The summed E-state index contributed by atoms with van der Waals surface area (Å²) in [5, 5.41) is 2.61. The van der Waals surface area contributed by atoms with Gasteiger partial charge in [0, 0.05) is 11.7 Å². The molecule has 3 rings (SSSR count). The molecule has 0 atom stereocenters. The first-order valence-corrected chi connectivity index (χ1v) is 9.21. The summed E-state index contributed by atoms with van der Waals surface area (Å²) in [7, 11) is -3.93. The number of anilines is 1. The van der Waals surface area contributed by atoms with Crippen LogP contribution in [0.1, 0.15) is 38.5 Å². The fraction of sp³-hybridized carbons (Fsp3) is 0.533. The Hall–Kier alpha value is -1.51. The standard InChI is InChI=1S/C15H20FN3O3S/c16-12-6-5-11(18-14(20)15(17)7-1-2-8-15)9-13(12)23(21,22)19-10-3-4-10/h5-6,9-10,19H,1-4,7-8,17H2,(H,18,20). The number of carbonyl (C=O) groups is 1. The van der Waals surface area contributed by atoms with Crippen LogP contribution in [0, 0.1) is 5.82 Å². The van der Waals surface area contributed by atoms with Gasteiger partial charge in [0.15, 0.2) is 0 Å². The van der Waals surface area contributed by atoms with E-state index in [-0.39, 0.29) is 17.6 Å². The Morgan fingerprint density at radius 2 is 1.91 bits per heavy atom. The summed E-state index contributed by atoms with van der Waals surface area (Å²) < 4.78 is 40.7. The first-order valence-electron chi connectivity index (χ1n) is 7.72. The third kappa shape index (κ3) is 3.54. The van der Waals surface area contributed by atoms with E-state index >= 15 is 0 Å². The van der Waals surface area contributed by atoms with E-state index < -0.39 is 26.3 Å². The number of halogens is 1. The first kappa shape index (κ1) is 16.4. The first-order chi connectivity index (χ1) is 10.8. The number of benzene rings is 1. The van der Waals surface area contributed by atoms with Crippen molar-refractivity contribution in [1.29, 1.82) is 0 Å². The summed E-state index contributed by atoms with van der Waals surface area (Å²) in [4.78, 5) is 11.8. The molecule has 2 saturated carbocycles. The molecule has 0 bridgehead atoms. The molecule has 0 aliphatic heterocycles. The smallest absolute Gasteiger partial charge is 0.244 e. The number of sulfonamides is 1. The Morgan fingerprint density at radius 1 is 1.26 bits per heavy atom. The van der Waals surface area contributed by atoms with Crippen molar-refractivity contribution in [2.45, 2.75) is 55.0 Å². The second-order valence-corrected chi connectivity index (χ2v) is 8.04. The van der Waals surface area contributed by atoms with Gasteiger partial charge in [-0.05, 0) is 43.9 Å². The minimum absolute atomic E-state index is 0.122. The number of nitrogens with one attached hydrogen (secondary N) is 2. The van der Waals surface area contributed by atoms with Gasteiger partial charge in [-0.1, -0.05) is 12.8 Å². The van der Waals surface area contributed by atoms with Crippen molar-refractivity contribution < 1.29 is 17.6 Å². The van der Waals surface area contributed by atoms with Crippen LogP contribution < -0.4 is 15.8 Å². The van der Waals surface area contributed by atoms with Crippen LogP contribution in [0.2, 0.25) is 0 Å². The van der Waals surface area contributed by atoms with E-state index in [1.807, 2.05) is 0 Å². The van der Waals surface area contributed by atoms with Gasteiger partial charge in [-0.3, -0.25) is 4.79 Å². The molecule has 0 heterocycles. The van der Waals surface area contributed by atoms with E-state index in [2.05, 4.69) is 10.0 Å². The molecule has 0 unspecified atom stereocenters. The van der Waals surface area contributed by atoms with Crippen LogP contribution in [0.15, 0.2) is 23.1 Å². The Kier molecular flexibility index (Phi) is 4.16. The third-order valence-electron chi connectivity index (χ3n) is 4.33. The highest BCUT2D eigenvalue weighted by atomic mass is 32.2. The van der Waals surface area contributed by atoms with Gasteiger partial charge in [0.05, 0.1) is 5.54 Å². The number of hydrogen-bond acceptors (Lipinski definition) is 4. The van der Waals surface area contributed by atoms with Crippen LogP contribution in [-0.4, -0.2) is 25.9 Å². The average Bonchev–Trinajstić information content (AvgIpc) is 3.17. The largest absolute Gasteiger partial charge is 0.324 e. The van der Waals surface area contributed by atoms with Crippen molar-refractivity contribution in [3.63, 3.8) is 0 Å². The average molecular weight is 341 g/mol. The van der Waals surface area contributed by atoms with E-state index in [0.29, 0.717) is 12.8 Å². The van der Waals surface area contributed by atoms with E-state index in [9.17, 15) is 17.6 Å². The maximum atomic E-state index is 13.9. The highest BCUT2D eigenvalue weighted by Crippen LogP contribution is 2.29. The zero-order valence-corrected chi connectivity index (χ0v) is 13.5. The normalized spacial score (nSPS) is 20.4. The van der Waals surface area contributed by atoms with Crippen molar-refractivity contribution in [2.75, 3.05) is 5.32 Å². The monoisotopic (exact) mass is 341 g/mol. The van der Waals surface area contributed by atoms with Crippen LogP contribution >= 0.6 is 0 Å². The van der Waals surface area contributed by atoms with Crippen molar-refractivity contribution in [1.82, 2.24) is 4.72 Å². The van der Waals surface area contributed by atoms with E-state index in [4.69, 9.17) is 5.73 Å². The Balaban J connectivity index is 1.81. The number of nitrogens with two attached hydrogens (primary N) is 1. The molecule has 1 amide bonds. The van der Waals surface area contributed by atoms with Gasteiger partial charge in [0.1, 0.15) is 10.7 Å². The van der Waals surface area contributed by atoms with Gasteiger partial charge in [0.2, 0.25) is 15.9 Å². The minimum atomic E-state index is -3.93. The van der Waals surface area contributed by atoms with Crippen LogP contribution in [-0.2, 0) is 14.8 Å². The second kappa shape index (κ2) is 5.85. The predicted octanol–water partition coefficient (Wildman–Crippen LogP) is 1.48. The van der Waals surface area contributed by atoms with Gasteiger partial charge in [-0.25, -0.2) is 17.5 Å². The third-order valence-corrected chi connectivity index (χ3v) is 5.86. The molecule has 0 radical (unpaired) electrons. The molecule has 2 aliphatic rings. The van der Waals surface area contributed by atoms with Gasteiger partial charge < -0.3 is 11.1 Å². The number of hydrogen-bond donors (Lipinski definition) is 3. The molecular weight excluding hydrogens is 321 g/mol. The summed E-state index contributed by atoms with van der Waals surface area (Å²) in [5.74, 6) is -1.21. The van der Waals surface area contributed by atoms with Crippen LogP contribution in [0.3, 0.4) is 0 Å². The summed E-state index contributed by atoms with van der Waals surface area (Å²) in [5.41, 5.74) is 5.36. The molecule has 0 aromatic heterocycles. The molecular formula is C15H20FN3O3S. The molecule has 23 heavy (non-hydrogen) atoms. The van der Waals surface area contributed by atoms with Crippen molar-refractivity contribution >= 4 is 21.6 Å². The van der Waals surface area contributed by atoms with E-state index in [1.165, 1.54) is 6.07 Å². The van der Waals surface area contributed by atoms with Crippen molar-refractivity contribution in [3.05, 3.63) is 24.0 Å². The van der Waals surface area contributed by atoms with Crippen LogP contribution in [0.25, 0.3) is 0 Å². The molecule has 1 aromatic rings. The fourth-order valence-corrected chi connectivity index (χ4v) is 4.17. The Labute approximate surface area is 134 Å². The zero-order chi connectivity index (χ0) is 16.7. The number of rotatable bonds is 5. The maximum absolute atomic E-state index is 13.9. The molecule has 8 heteroatoms. The van der Waals surface area contributed by atoms with Gasteiger partial charge in [-0.15, -0.1) is 0 Å². The highest BCUT2D eigenvalue weighted by molar-refractivity contribution is 7.89. The quantitative estimate of drug-likeness (QED) is 0.755. The fourth-order valence-electron chi connectivity index (χ4n) is 2.76. The lowest BCUT2D eigenvalue weighted by Gasteiger charge is -2.22. The van der Waals surface area contributed by atoms with Gasteiger partial charge in [0.25, 0.3) is 0 Å². The molecule has 6 nitrogen and oxygen atoms in total. The number of amides is 1. The molecule has 1 aromatic carbocycles. The van der Waals surface area contributed by atoms with Gasteiger partial charge in [-0.2, -0.15) is 0 Å². The molecule has 2 aliphatic carbocycles. The number of carbonyl (C=O) groups excluding carboxylic acids is 1. The minimum Gasteiger partial charge on any atom is -0.324 e. The summed E-state index contributed by atoms with van der Waals surface area (Å²) in [6, 6.07) is 3.38. The predicted molar refractivity (Wildman–Crippen MR) is 83.8 cm³/mol. The van der Waals surface area contributed by atoms with E-state index in [1.54, 1.807) is 0 Å². The summed E-state index contributed by atoms with van der Waals surface area (Å²) in [6.07, 6.45) is 4.47. The van der Waals surface area contributed by atoms with E-state index in [0.717, 1.165) is 37.8 Å². The zero-order valence-electron chi connectivity index (χ0n) is 12.6. The lowest BCUT2D eigenvalue weighted by atomic mass is 9.98. The lowest BCUT2D eigenvalue weighted by Crippen LogP contribution is -2.48.